The van der Waals surface area contributed by atoms with Gasteiger partial charge in [-0.15, -0.1) is 0 Å². The number of para-hydroxylation sites is 2. The first-order valence-electron chi connectivity index (χ1n) is 8.30. The van der Waals surface area contributed by atoms with E-state index in [9.17, 15) is 9.59 Å². The Morgan fingerprint density at radius 2 is 2.00 bits per heavy atom. The Kier molecular flexibility index (Phi) is 3.44. The number of amides is 1. The minimum atomic E-state index is -0.182. The molecule has 5 heteroatoms. The molecule has 0 unspecified atom stereocenters. The molecule has 24 heavy (non-hydrogen) atoms. The normalized spacial score (nSPS) is 16.8. The molecule has 2 aliphatic rings. The summed E-state index contributed by atoms with van der Waals surface area (Å²) in [6, 6.07) is 9.82. The molecule has 2 aromatic rings. The lowest BCUT2D eigenvalue weighted by molar-refractivity contribution is -0.121. The predicted molar refractivity (Wildman–Crippen MR) is 90.8 cm³/mol. The number of hydrogen-bond donors (Lipinski definition) is 0. The zero-order valence-corrected chi connectivity index (χ0v) is 13.9. The van der Waals surface area contributed by atoms with Crippen LogP contribution in [0.1, 0.15) is 40.6 Å². The summed E-state index contributed by atoms with van der Waals surface area (Å²) in [5.74, 6) is 0.437. The van der Waals surface area contributed by atoms with Gasteiger partial charge in [0.25, 0.3) is 5.91 Å². The number of anilines is 1. The molecule has 1 aromatic carbocycles. The van der Waals surface area contributed by atoms with E-state index < -0.39 is 0 Å². The van der Waals surface area contributed by atoms with E-state index in [-0.39, 0.29) is 24.8 Å². The Bertz CT molecular complexity index is 833. The lowest BCUT2D eigenvalue weighted by Crippen LogP contribution is -2.42. The van der Waals surface area contributed by atoms with E-state index in [0.29, 0.717) is 17.5 Å². The second kappa shape index (κ2) is 5.51. The number of carbonyl (C=O) groups excluding carboxylic acids is 2. The summed E-state index contributed by atoms with van der Waals surface area (Å²) in [4.78, 5) is 26.6. The van der Waals surface area contributed by atoms with Crippen molar-refractivity contribution in [3.05, 3.63) is 47.3 Å². The first-order chi connectivity index (χ1) is 11.6. The fraction of sp³-hybridized carbons (Fsp3) is 0.368. The summed E-state index contributed by atoms with van der Waals surface area (Å²) in [5.41, 5.74) is 3.51. The van der Waals surface area contributed by atoms with Crippen LogP contribution in [-0.4, -0.2) is 29.4 Å². The molecule has 0 N–H and O–H groups in total. The SMILES string of the molecule is Cc1cc(C(=O)CN2C(=O)COc3ccccc32)c(C)n1C1CC1. The topological polar surface area (TPSA) is 51.5 Å². The second-order valence-electron chi connectivity index (χ2n) is 6.55. The van der Waals surface area contributed by atoms with Crippen LogP contribution >= 0.6 is 0 Å². The molecule has 1 amide bonds. The molecule has 124 valence electrons. The van der Waals surface area contributed by atoms with Crippen LogP contribution in [0.3, 0.4) is 0 Å². The highest BCUT2D eigenvalue weighted by Gasteiger charge is 2.31. The van der Waals surface area contributed by atoms with Gasteiger partial charge in [0.05, 0.1) is 12.2 Å². The van der Waals surface area contributed by atoms with Gasteiger partial charge in [0.15, 0.2) is 12.4 Å². The molecule has 5 nitrogen and oxygen atoms in total. The first kappa shape index (κ1) is 15.0. The van der Waals surface area contributed by atoms with Crippen molar-refractivity contribution in [2.24, 2.45) is 0 Å². The smallest absolute Gasteiger partial charge is 0.265 e. The van der Waals surface area contributed by atoms with Crippen molar-refractivity contribution < 1.29 is 14.3 Å². The predicted octanol–water partition coefficient (Wildman–Crippen LogP) is 3.05. The fourth-order valence-electron chi connectivity index (χ4n) is 3.51. The van der Waals surface area contributed by atoms with Gasteiger partial charge in [-0.3, -0.25) is 14.5 Å². The van der Waals surface area contributed by atoms with Gasteiger partial charge < -0.3 is 9.30 Å². The van der Waals surface area contributed by atoms with E-state index in [1.165, 1.54) is 17.7 Å². The van der Waals surface area contributed by atoms with E-state index in [1.54, 1.807) is 0 Å². The fourth-order valence-corrected chi connectivity index (χ4v) is 3.51. The van der Waals surface area contributed by atoms with Gasteiger partial charge in [0.2, 0.25) is 0 Å². The molecule has 0 radical (unpaired) electrons. The summed E-state index contributed by atoms with van der Waals surface area (Å²) in [6.45, 7) is 4.06. The van der Waals surface area contributed by atoms with E-state index in [2.05, 4.69) is 4.57 Å². The maximum absolute atomic E-state index is 12.8. The number of ketones is 1. The minimum absolute atomic E-state index is 0.0224. The number of nitrogens with zero attached hydrogens (tertiary/aromatic N) is 2. The highest BCUT2D eigenvalue weighted by Crippen LogP contribution is 2.38. The third-order valence-corrected chi connectivity index (χ3v) is 4.81. The molecule has 4 rings (SSSR count). The monoisotopic (exact) mass is 324 g/mol. The quantitative estimate of drug-likeness (QED) is 0.812. The molecule has 0 saturated heterocycles. The number of hydrogen-bond acceptors (Lipinski definition) is 3. The van der Waals surface area contributed by atoms with Gasteiger partial charge >= 0.3 is 0 Å². The lowest BCUT2D eigenvalue weighted by atomic mass is 10.1. The Morgan fingerprint density at radius 1 is 1.25 bits per heavy atom. The number of ether oxygens (including phenoxy) is 1. The number of rotatable bonds is 4. The minimum Gasteiger partial charge on any atom is -0.482 e. The third kappa shape index (κ3) is 2.40. The van der Waals surface area contributed by atoms with Crippen LogP contribution < -0.4 is 9.64 Å². The van der Waals surface area contributed by atoms with Gasteiger partial charge in [0, 0.05) is 23.0 Å². The molecule has 1 saturated carbocycles. The van der Waals surface area contributed by atoms with Crippen LogP contribution in [0, 0.1) is 13.8 Å². The molecule has 1 fully saturated rings. The van der Waals surface area contributed by atoms with Gasteiger partial charge in [-0.1, -0.05) is 12.1 Å². The molecule has 1 aliphatic heterocycles. The molecular weight excluding hydrogens is 304 g/mol. The third-order valence-electron chi connectivity index (χ3n) is 4.81. The standard InChI is InChI=1S/C19H20N2O3/c1-12-9-15(13(2)21(12)14-7-8-14)17(22)10-20-16-5-3-4-6-18(16)24-11-19(20)23/h3-6,9,14H,7-8,10-11H2,1-2H3. The number of Topliss-reactive ketones (excluding diaryl/α,β-unsaturated/α-hetero) is 1. The number of aromatic nitrogens is 1. The van der Waals surface area contributed by atoms with Crippen molar-refractivity contribution in [3.8, 4) is 5.75 Å². The summed E-state index contributed by atoms with van der Waals surface area (Å²) in [5, 5.41) is 0. The number of benzene rings is 1. The van der Waals surface area contributed by atoms with Crippen molar-refractivity contribution in [1.29, 1.82) is 0 Å². The maximum Gasteiger partial charge on any atom is 0.265 e. The number of aryl methyl sites for hydroxylation is 1. The van der Waals surface area contributed by atoms with Crippen LogP contribution in [0.25, 0.3) is 0 Å². The summed E-state index contributed by atoms with van der Waals surface area (Å²) in [7, 11) is 0. The summed E-state index contributed by atoms with van der Waals surface area (Å²) in [6.07, 6.45) is 2.36. The van der Waals surface area contributed by atoms with Crippen molar-refractivity contribution in [2.75, 3.05) is 18.1 Å². The van der Waals surface area contributed by atoms with Gasteiger partial charge in [-0.25, -0.2) is 0 Å². The van der Waals surface area contributed by atoms with E-state index in [1.807, 2.05) is 44.2 Å². The van der Waals surface area contributed by atoms with Crippen LogP contribution in [0.4, 0.5) is 5.69 Å². The van der Waals surface area contributed by atoms with Crippen LogP contribution in [0.5, 0.6) is 5.75 Å². The molecule has 0 bridgehead atoms. The van der Waals surface area contributed by atoms with E-state index >= 15 is 0 Å². The van der Waals surface area contributed by atoms with Crippen LogP contribution in [0.15, 0.2) is 30.3 Å². The number of fused-ring (bicyclic) bond motifs is 1. The Balaban J connectivity index is 1.63. The Labute approximate surface area is 140 Å². The molecular formula is C19H20N2O3. The Morgan fingerprint density at radius 3 is 2.75 bits per heavy atom. The zero-order valence-electron chi connectivity index (χ0n) is 13.9. The summed E-state index contributed by atoms with van der Waals surface area (Å²) < 4.78 is 7.69. The average Bonchev–Trinajstić information content (AvgIpc) is 3.35. The van der Waals surface area contributed by atoms with Crippen molar-refractivity contribution in [1.82, 2.24) is 4.57 Å². The van der Waals surface area contributed by atoms with E-state index in [4.69, 9.17) is 4.74 Å². The van der Waals surface area contributed by atoms with E-state index in [0.717, 1.165) is 17.0 Å². The molecule has 2 heterocycles. The van der Waals surface area contributed by atoms with Crippen molar-refractivity contribution >= 4 is 17.4 Å². The summed E-state index contributed by atoms with van der Waals surface area (Å²) >= 11 is 0. The van der Waals surface area contributed by atoms with Gasteiger partial charge in [0.1, 0.15) is 5.75 Å². The molecule has 1 aliphatic carbocycles. The van der Waals surface area contributed by atoms with Gasteiger partial charge in [-0.2, -0.15) is 0 Å². The second-order valence-corrected chi connectivity index (χ2v) is 6.55. The lowest BCUT2D eigenvalue weighted by Gasteiger charge is -2.28. The zero-order chi connectivity index (χ0) is 16.8. The van der Waals surface area contributed by atoms with Gasteiger partial charge in [-0.05, 0) is 44.9 Å². The average molecular weight is 324 g/mol. The molecule has 0 atom stereocenters. The van der Waals surface area contributed by atoms with Crippen LogP contribution in [-0.2, 0) is 4.79 Å². The molecule has 1 aromatic heterocycles. The van der Waals surface area contributed by atoms with Crippen molar-refractivity contribution in [3.63, 3.8) is 0 Å². The van der Waals surface area contributed by atoms with Crippen molar-refractivity contribution in [2.45, 2.75) is 32.7 Å². The Hall–Kier alpha value is -2.56. The maximum atomic E-state index is 12.8. The highest BCUT2D eigenvalue weighted by atomic mass is 16.5. The highest BCUT2D eigenvalue weighted by molar-refractivity contribution is 6.07. The number of carbonyl (C=O) groups is 2. The first-order valence-corrected chi connectivity index (χ1v) is 8.30. The van der Waals surface area contributed by atoms with Crippen LogP contribution in [0.2, 0.25) is 0 Å². The largest absolute Gasteiger partial charge is 0.482 e. The molecule has 0 spiro atoms.